The Kier molecular flexibility index (Phi) is 6.35. The number of para-hydroxylation sites is 1. The van der Waals surface area contributed by atoms with Gasteiger partial charge in [-0.05, 0) is 43.3 Å². The molecule has 0 spiro atoms. The predicted molar refractivity (Wildman–Crippen MR) is 118 cm³/mol. The quantitative estimate of drug-likeness (QED) is 0.275. The average molecular weight is 495 g/mol. The fourth-order valence-electron chi connectivity index (χ4n) is 2.82. The van der Waals surface area contributed by atoms with Crippen LogP contribution >= 0.6 is 11.6 Å². The molecule has 0 heterocycles. The molecule has 32 heavy (non-hydrogen) atoms. The smallest absolute Gasteiger partial charge is 0.289 e. The van der Waals surface area contributed by atoms with Crippen LogP contribution in [0.3, 0.4) is 0 Å². The van der Waals surface area contributed by atoms with Crippen molar-refractivity contribution in [3.8, 4) is 0 Å². The summed E-state index contributed by atoms with van der Waals surface area (Å²) in [5.41, 5.74) is -0.853. The molecule has 0 amide bonds. The van der Waals surface area contributed by atoms with Gasteiger partial charge in [-0.2, -0.15) is 3.71 Å². The molecule has 0 radical (unpaired) electrons. The van der Waals surface area contributed by atoms with E-state index in [1.807, 2.05) is 0 Å². The second kappa shape index (κ2) is 8.69. The van der Waals surface area contributed by atoms with Crippen LogP contribution < -0.4 is 3.71 Å². The molecule has 0 bridgehead atoms. The number of sulfonamides is 2. The van der Waals surface area contributed by atoms with Gasteiger partial charge in [0, 0.05) is 11.6 Å². The molecule has 0 aliphatic rings. The van der Waals surface area contributed by atoms with E-state index in [9.17, 15) is 31.7 Å². The molecule has 0 aliphatic heterocycles. The molecular weight excluding hydrogens is 480 g/mol. The lowest BCUT2D eigenvalue weighted by molar-refractivity contribution is -0.384. The number of anilines is 1. The van der Waals surface area contributed by atoms with Gasteiger partial charge in [0.2, 0.25) is 0 Å². The molecule has 0 unspecified atom stereocenters. The molecule has 3 aromatic carbocycles. The first-order valence-corrected chi connectivity index (χ1v) is 12.1. The summed E-state index contributed by atoms with van der Waals surface area (Å²) >= 11 is 5.77. The number of benzene rings is 3. The lowest BCUT2D eigenvalue weighted by Crippen LogP contribution is -2.37. The molecule has 0 saturated heterocycles. The third kappa shape index (κ3) is 4.35. The van der Waals surface area contributed by atoms with E-state index in [1.165, 1.54) is 43.3 Å². The van der Waals surface area contributed by atoms with Crippen LogP contribution in [0.4, 0.5) is 11.4 Å². The highest BCUT2D eigenvalue weighted by molar-refractivity contribution is 8.10. The third-order valence-electron chi connectivity index (χ3n) is 4.35. The van der Waals surface area contributed by atoms with Crippen LogP contribution in [0.1, 0.15) is 17.3 Å². The molecule has 0 aliphatic carbocycles. The molecule has 3 aromatic rings. The van der Waals surface area contributed by atoms with E-state index < -0.39 is 46.2 Å². The zero-order chi connectivity index (χ0) is 23.7. The lowest BCUT2D eigenvalue weighted by atomic mass is 10.2. The first kappa shape index (κ1) is 23.4. The Morgan fingerprint density at radius 1 is 0.875 bits per heavy atom. The summed E-state index contributed by atoms with van der Waals surface area (Å²) in [6.45, 7) is 1.24. The zero-order valence-corrected chi connectivity index (χ0v) is 18.8. The van der Waals surface area contributed by atoms with Gasteiger partial charge in [-0.1, -0.05) is 41.9 Å². The van der Waals surface area contributed by atoms with E-state index in [2.05, 4.69) is 0 Å². The van der Waals surface area contributed by atoms with Crippen molar-refractivity contribution in [3.05, 3.63) is 93.5 Å². The first-order chi connectivity index (χ1) is 15.0. The Morgan fingerprint density at radius 3 is 2.03 bits per heavy atom. The van der Waals surface area contributed by atoms with E-state index in [-0.39, 0.29) is 20.0 Å². The summed E-state index contributed by atoms with van der Waals surface area (Å²) in [5.74, 6) is -0.413. The topological polar surface area (TPSA) is 132 Å². The van der Waals surface area contributed by atoms with E-state index in [4.69, 9.17) is 11.6 Å². The van der Waals surface area contributed by atoms with Crippen LogP contribution in [0.15, 0.2) is 82.6 Å². The monoisotopic (exact) mass is 494 g/mol. The van der Waals surface area contributed by atoms with Gasteiger partial charge in [0.05, 0.1) is 20.4 Å². The summed E-state index contributed by atoms with van der Waals surface area (Å²) in [6.07, 6.45) is 0. The standard InChI is InChI=1S/C20H15ClN2O7S2/c1-14(24)15-6-5-9-17(12-15)31(27,28)23(16-7-3-2-4-8-16)32(29,30)18-10-11-19(21)20(13-18)22(25)26/h2-13H,1H3. The fourth-order valence-corrected chi connectivity index (χ4v) is 6.76. The Balaban J connectivity index is 2.29. The maximum Gasteiger partial charge on any atom is 0.289 e. The number of carbonyl (C=O) groups excluding carboxylic acids is 1. The van der Waals surface area contributed by atoms with Gasteiger partial charge in [0.15, 0.2) is 5.78 Å². The molecule has 0 saturated carbocycles. The van der Waals surface area contributed by atoms with E-state index >= 15 is 0 Å². The van der Waals surface area contributed by atoms with Gasteiger partial charge in [-0.3, -0.25) is 14.9 Å². The summed E-state index contributed by atoms with van der Waals surface area (Å²) in [6, 6.07) is 14.5. The number of carbonyl (C=O) groups is 1. The second-order valence-corrected chi connectivity index (χ2v) is 10.7. The van der Waals surface area contributed by atoms with Crippen LogP contribution in [0.2, 0.25) is 5.02 Å². The molecule has 12 heteroatoms. The number of Topliss-reactive ketones (excluding diaryl/α,β-unsaturated/α-hetero) is 1. The van der Waals surface area contributed by atoms with Crippen molar-refractivity contribution in [2.24, 2.45) is 0 Å². The maximum absolute atomic E-state index is 13.5. The van der Waals surface area contributed by atoms with Gasteiger partial charge >= 0.3 is 0 Å². The van der Waals surface area contributed by atoms with Gasteiger partial charge in [0.1, 0.15) is 5.02 Å². The van der Waals surface area contributed by atoms with Crippen molar-refractivity contribution in [1.82, 2.24) is 0 Å². The number of rotatable bonds is 7. The van der Waals surface area contributed by atoms with E-state index in [1.54, 1.807) is 6.07 Å². The maximum atomic E-state index is 13.5. The Hall–Kier alpha value is -3.28. The summed E-state index contributed by atoms with van der Waals surface area (Å²) in [5, 5.41) is 10.9. The van der Waals surface area contributed by atoms with E-state index in [0.717, 1.165) is 24.3 Å². The largest absolute Gasteiger partial charge is 0.295 e. The van der Waals surface area contributed by atoms with Crippen molar-refractivity contribution in [2.45, 2.75) is 16.7 Å². The Bertz CT molecular complexity index is 1420. The van der Waals surface area contributed by atoms with Crippen molar-refractivity contribution in [2.75, 3.05) is 3.71 Å². The highest BCUT2D eigenvalue weighted by Crippen LogP contribution is 2.34. The second-order valence-electron chi connectivity index (χ2n) is 6.50. The lowest BCUT2D eigenvalue weighted by Gasteiger charge is -2.24. The average Bonchev–Trinajstić information content (AvgIpc) is 2.74. The highest BCUT2D eigenvalue weighted by atomic mass is 35.5. The number of halogens is 1. The minimum absolute atomic E-state index is 0.0682. The number of nitro groups is 1. The molecule has 0 atom stereocenters. The Morgan fingerprint density at radius 2 is 1.47 bits per heavy atom. The molecule has 9 nitrogen and oxygen atoms in total. The predicted octanol–water partition coefficient (Wildman–Crippen LogP) is 4.04. The van der Waals surface area contributed by atoms with Gasteiger partial charge in [-0.25, -0.2) is 16.8 Å². The van der Waals surface area contributed by atoms with Crippen LogP contribution in [-0.4, -0.2) is 27.5 Å². The van der Waals surface area contributed by atoms with Crippen LogP contribution in [0, 0.1) is 10.1 Å². The molecule has 0 fully saturated rings. The van der Waals surface area contributed by atoms with Crippen molar-refractivity contribution >= 4 is 48.8 Å². The molecule has 0 aromatic heterocycles. The van der Waals surface area contributed by atoms with Crippen LogP contribution in [0.5, 0.6) is 0 Å². The van der Waals surface area contributed by atoms with Gasteiger partial charge < -0.3 is 0 Å². The number of nitro benzene ring substituents is 1. The van der Waals surface area contributed by atoms with Gasteiger partial charge in [0.25, 0.3) is 25.7 Å². The molecular formula is C20H15ClN2O7S2. The molecule has 3 rings (SSSR count). The number of hydrogen-bond donors (Lipinski definition) is 0. The Labute approximate surface area is 189 Å². The first-order valence-electron chi connectivity index (χ1n) is 8.87. The van der Waals surface area contributed by atoms with Crippen molar-refractivity contribution < 1.29 is 26.6 Å². The zero-order valence-electron chi connectivity index (χ0n) is 16.4. The van der Waals surface area contributed by atoms with Crippen LogP contribution in [0.25, 0.3) is 0 Å². The van der Waals surface area contributed by atoms with E-state index in [0.29, 0.717) is 6.07 Å². The van der Waals surface area contributed by atoms with Crippen molar-refractivity contribution in [3.63, 3.8) is 0 Å². The van der Waals surface area contributed by atoms with Crippen LogP contribution in [-0.2, 0) is 20.0 Å². The number of ketones is 1. The molecule has 166 valence electrons. The normalized spacial score (nSPS) is 11.7. The summed E-state index contributed by atoms with van der Waals surface area (Å²) in [4.78, 5) is 21.0. The fraction of sp³-hybridized carbons (Fsp3) is 0.0500. The van der Waals surface area contributed by atoms with Gasteiger partial charge in [-0.15, -0.1) is 0 Å². The SMILES string of the molecule is CC(=O)c1cccc(S(=O)(=O)N(c2ccccc2)S(=O)(=O)c2ccc(Cl)c([N+](=O)[O-])c2)c1. The number of hydrogen-bond acceptors (Lipinski definition) is 7. The van der Waals surface area contributed by atoms with Crippen molar-refractivity contribution in [1.29, 1.82) is 0 Å². The molecule has 0 N–H and O–H groups in total. The summed E-state index contributed by atoms with van der Waals surface area (Å²) < 4.78 is 54.1. The highest BCUT2D eigenvalue weighted by Gasteiger charge is 2.38. The third-order valence-corrected chi connectivity index (χ3v) is 8.85. The summed E-state index contributed by atoms with van der Waals surface area (Å²) in [7, 11) is -9.64. The minimum atomic E-state index is -4.87. The number of nitrogens with zero attached hydrogens (tertiary/aromatic N) is 2. The minimum Gasteiger partial charge on any atom is -0.295 e.